The van der Waals surface area contributed by atoms with Crippen molar-refractivity contribution in [1.29, 1.82) is 0 Å². The molecule has 1 fully saturated rings. The van der Waals surface area contributed by atoms with Crippen LogP contribution in [-0.2, 0) is 4.74 Å². The van der Waals surface area contributed by atoms with Gasteiger partial charge < -0.3 is 9.84 Å². The molecule has 3 rings (SSSR count). The molecule has 1 saturated heterocycles. The molecule has 1 unspecified atom stereocenters. The van der Waals surface area contributed by atoms with Crippen LogP contribution in [-0.4, -0.2) is 23.3 Å². The molecule has 0 radical (unpaired) electrons. The largest absolute Gasteiger partial charge is 0.388 e. The molecule has 1 aliphatic rings. The Morgan fingerprint density at radius 2 is 2.11 bits per heavy atom. The second-order valence-corrected chi connectivity index (χ2v) is 5.26. The summed E-state index contributed by atoms with van der Waals surface area (Å²) in [5, 5.41) is 11.5. The van der Waals surface area contributed by atoms with Crippen molar-refractivity contribution in [3.05, 3.63) is 42.1 Å². The molecule has 3 heteroatoms. The first kappa shape index (κ1) is 12.6. The average molecular weight is 257 g/mol. The van der Waals surface area contributed by atoms with Gasteiger partial charge in [-0.05, 0) is 48.9 Å². The number of aliphatic hydroxyl groups is 1. The minimum atomic E-state index is -0.382. The smallest absolute Gasteiger partial charge is 0.0793 e. The summed E-state index contributed by atoms with van der Waals surface area (Å²) in [7, 11) is 0. The zero-order valence-electron chi connectivity index (χ0n) is 11.0. The van der Waals surface area contributed by atoms with Crippen molar-refractivity contribution >= 4 is 10.9 Å². The van der Waals surface area contributed by atoms with Crippen molar-refractivity contribution in [1.82, 2.24) is 4.98 Å². The Bertz CT molecular complexity index is 549. The number of rotatable bonds is 3. The van der Waals surface area contributed by atoms with E-state index in [4.69, 9.17) is 4.74 Å². The van der Waals surface area contributed by atoms with Gasteiger partial charge in [-0.2, -0.15) is 0 Å². The zero-order chi connectivity index (χ0) is 13.1. The van der Waals surface area contributed by atoms with E-state index >= 15 is 0 Å². The summed E-state index contributed by atoms with van der Waals surface area (Å²) in [5.41, 5.74) is 1.97. The van der Waals surface area contributed by atoms with Crippen LogP contribution in [0.3, 0.4) is 0 Å². The highest BCUT2D eigenvalue weighted by Crippen LogP contribution is 2.28. The van der Waals surface area contributed by atoms with Gasteiger partial charge in [-0.3, -0.25) is 4.98 Å². The van der Waals surface area contributed by atoms with E-state index in [-0.39, 0.29) is 6.10 Å². The third-order valence-corrected chi connectivity index (χ3v) is 3.91. The van der Waals surface area contributed by atoms with Crippen LogP contribution < -0.4 is 0 Å². The number of hydrogen-bond acceptors (Lipinski definition) is 3. The molecule has 3 nitrogen and oxygen atoms in total. The Kier molecular flexibility index (Phi) is 3.76. The van der Waals surface area contributed by atoms with Crippen LogP contribution in [0.2, 0.25) is 0 Å². The molecule has 0 aliphatic carbocycles. The van der Waals surface area contributed by atoms with Gasteiger partial charge in [-0.1, -0.05) is 12.1 Å². The van der Waals surface area contributed by atoms with E-state index in [2.05, 4.69) is 4.98 Å². The minimum Gasteiger partial charge on any atom is -0.388 e. The van der Waals surface area contributed by atoms with Gasteiger partial charge in [0.05, 0.1) is 11.6 Å². The molecular weight excluding hydrogens is 238 g/mol. The van der Waals surface area contributed by atoms with Gasteiger partial charge in [0.25, 0.3) is 0 Å². The molecule has 0 saturated carbocycles. The Labute approximate surface area is 113 Å². The maximum Gasteiger partial charge on any atom is 0.0793 e. The fourth-order valence-electron chi connectivity index (χ4n) is 2.74. The molecule has 1 atom stereocenters. The molecule has 2 aromatic rings. The van der Waals surface area contributed by atoms with E-state index in [1.54, 1.807) is 6.20 Å². The first-order valence-corrected chi connectivity index (χ1v) is 6.93. The Hall–Kier alpha value is -1.45. The summed E-state index contributed by atoms with van der Waals surface area (Å²) in [4.78, 5) is 4.30. The van der Waals surface area contributed by atoms with Gasteiger partial charge in [0.2, 0.25) is 0 Å². The van der Waals surface area contributed by atoms with E-state index in [1.807, 2.05) is 30.3 Å². The van der Waals surface area contributed by atoms with Crippen molar-refractivity contribution in [2.75, 3.05) is 13.2 Å². The number of fused-ring (bicyclic) bond motifs is 1. The number of aromatic nitrogens is 1. The Morgan fingerprint density at radius 3 is 2.95 bits per heavy atom. The molecule has 0 spiro atoms. The van der Waals surface area contributed by atoms with E-state index in [0.29, 0.717) is 5.92 Å². The average Bonchev–Trinajstić information content (AvgIpc) is 2.48. The van der Waals surface area contributed by atoms with E-state index < -0.39 is 0 Å². The lowest BCUT2D eigenvalue weighted by atomic mass is 9.90. The van der Waals surface area contributed by atoms with Gasteiger partial charge in [-0.25, -0.2) is 0 Å². The Morgan fingerprint density at radius 1 is 1.26 bits per heavy atom. The van der Waals surface area contributed by atoms with E-state index in [1.165, 1.54) is 0 Å². The van der Waals surface area contributed by atoms with Crippen LogP contribution in [0.15, 0.2) is 36.5 Å². The van der Waals surface area contributed by atoms with Crippen LogP contribution in [0.25, 0.3) is 10.9 Å². The van der Waals surface area contributed by atoms with Crippen molar-refractivity contribution < 1.29 is 9.84 Å². The highest BCUT2D eigenvalue weighted by molar-refractivity contribution is 5.78. The summed E-state index contributed by atoms with van der Waals surface area (Å²) >= 11 is 0. The molecule has 0 bridgehead atoms. The molecule has 19 heavy (non-hydrogen) atoms. The highest BCUT2D eigenvalue weighted by atomic mass is 16.5. The van der Waals surface area contributed by atoms with Crippen molar-refractivity contribution in [2.24, 2.45) is 5.92 Å². The van der Waals surface area contributed by atoms with Crippen LogP contribution in [0, 0.1) is 5.92 Å². The second-order valence-electron chi connectivity index (χ2n) is 5.26. The maximum absolute atomic E-state index is 10.4. The molecule has 1 aliphatic heterocycles. The van der Waals surface area contributed by atoms with Gasteiger partial charge >= 0.3 is 0 Å². The fraction of sp³-hybridized carbons (Fsp3) is 0.438. The molecule has 1 aromatic heterocycles. The zero-order valence-corrected chi connectivity index (χ0v) is 11.0. The predicted octanol–water partition coefficient (Wildman–Crippen LogP) is 3.08. The normalized spacial score (nSPS) is 18.6. The summed E-state index contributed by atoms with van der Waals surface area (Å²) in [5.74, 6) is 0.577. The molecule has 100 valence electrons. The lowest BCUT2D eigenvalue weighted by molar-refractivity contribution is 0.0435. The summed E-state index contributed by atoms with van der Waals surface area (Å²) in [6, 6.07) is 9.98. The number of ether oxygens (including phenoxy) is 1. The standard InChI is InChI=1S/C16H19NO2/c18-16(10-12-5-8-19-9-6-12)14-3-4-15-13(11-14)2-1-7-17-15/h1-4,7,11-12,16,18H,5-6,8-10H2. The lowest BCUT2D eigenvalue weighted by Crippen LogP contribution is -2.18. The van der Waals surface area contributed by atoms with E-state index in [9.17, 15) is 5.11 Å². The topological polar surface area (TPSA) is 42.4 Å². The van der Waals surface area contributed by atoms with E-state index in [0.717, 1.165) is 48.9 Å². The molecule has 0 amide bonds. The van der Waals surface area contributed by atoms with Crippen molar-refractivity contribution in [2.45, 2.75) is 25.4 Å². The monoisotopic (exact) mass is 257 g/mol. The van der Waals surface area contributed by atoms with Gasteiger partial charge in [-0.15, -0.1) is 0 Å². The van der Waals surface area contributed by atoms with Crippen LogP contribution in [0.4, 0.5) is 0 Å². The van der Waals surface area contributed by atoms with Crippen molar-refractivity contribution in [3.8, 4) is 0 Å². The summed E-state index contributed by atoms with van der Waals surface area (Å²) in [6.45, 7) is 1.66. The molecule has 1 N–H and O–H groups in total. The predicted molar refractivity (Wildman–Crippen MR) is 74.9 cm³/mol. The number of aliphatic hydroxyl groups excluding tert-OH is 1. The van der Waals surface area contributed by atoms with Crippen LogP contribution in [0.1, 0.15) is 30.9 Å². The number of nitrogens with zero attached hydrogens (tertiary/aromatic N) is 1. The quantitative estimate of drug-likeness (QED) is 0.918. The number of hydrogen-bond donors (Lipinski definition) is 1. The molecule has 2 heterocycles. The fourth-order valence-corrected chi connectivity index (χ4v) is 2.74. The Balaban J connectivity index is 1.75. The minimum absolute atomic E-state index is 0.382. The number of benzene rings is 1. The first-order valence-electron chi connectivity index (χ1n) is 6.93. The third kappa shape index (κ3) is 2.94. The number of pyridine rings is 1. The highest BCUT2D eigenvalue weighted by Gasteiger charge is 2.19. The summed E-state index contributed by atoms with van der Waals surface area (Å²) < 4.78 is 5.35. The SMILES string of the molecule is OC(CC1CCOCC1)c1ccc2ncccc2c1. The van der Waals surface area contributed by atoms with Gasteiger partial charge in [0, 0.05) is 24.8 Å². The molecule has 1 aromatic carbocycles. The van der Waals surface area contributed by atoms with Gasteiger partial charge in [0.1, 0.15) is 0 Å². The maximum atomic E-state index is 10.4. The van der Waals surface area contributed by atoms with Crippen molar-refractivity contribution in [3.63, 3.8) is 0 Å². The lowest BCUT2D eigenvalue weighted by Gasteiger charge is -2.24. The van der Waals surface area contributed by atoms with Crippen LogP contribution in [0.5, 0.6) is 0 Å². The van der Waals surface area contributed by atoms with Crippen LogP contribution >= 0.6 is 0 Å². The third-order valence-electron chi connectivity index (χ3n) is 3.91. The second kappa shape index (κ2) is 5.68. The van der Waals surface area contributed by atoms with Gasteiger partial charge in [0.15, 0.2) is 0 Å². The summed E-state index contributed by atoms with van der Waals surface area (Å²) in [6.07, 6.45) is 4.36. The molecular formula is C16H19NO2. The first-order chi connectivity index (χ1) is 9.33.